The summed E-state index contributed by atoms with van der Waals surface area (Å²) in [7, 11) is 0. The van der Waals surface area contributed by atoms with Crippen LogP contribution in [0, 0.1) is 5.82 Å². The SMILES string of the molecule is NC1(c2c(F)ccc(Cl)c2Br)CC1. The number of benzene rings is 1. The first-order valence-corrected chi connectivity index (χ1v) is 5.14. The van der Waals surface area contributed by atoms with Crippen molar-refractivity contribution in [1.29, 1.82) is 0 Å². The smallest absolute Gasteiger partial charge is 0.129 e. The minimum Gasteiger partial charge on any atom is -0.321 e. The third kappa shape index (κ3) is 1.49. The number of hydrogen-bond donors (Lipinski definition) is 1. The lowest BCUT2D eigenvalue weighted by Gasteiger charge is -2.13. The molecule has 2 rings (SSSR count). The van der Waals surface area contributed by atoms with Crippen LogP contribution in [-0.4, -0.2) is 0 Å². The minimum absolute atomic E-state index is 0.281. The van der Waals surface area contributed by atoms with Crippen molar-refractivity contribution in [3.63, 3.8) is 0 Å². The van der Waals surface area contributed by atoms with Gasteiger partial charge in [0.1, 0.15) is 5.82 Å². The van der Waals surface area contributed by atoms with Crippen molar-refractivity contribution in [3.05, 3.63) is 33.0 Å². The first-order valence-electron chi connectivity index (χ1n) is 3.97. The van der Waals surface area contributed by atoms with Gasteiger partial charge in [0, 0.05) is 15.6 Å². The minimum atomic E-state index is -0.492. The van der Waals surface area contributed by atoms with E-state index >= 15 is 0 Å². The molecule has 13 heavy (non-hydrogen) atoms. The summed E-state index contributed by atoms with van der Waals surface area (Å²) >= 11 is 9.11. The molecule has 0 aliphatic heterocycles. The van der Waals surface area contributed by atoms with E-state index in [2.05, 4.69) is 15.9 Å². The quantitative estimate of drug-likeness (QED) is 0.775. The molecule has 1 nitrogen and oxygen atoms in total. The Morgan fingerprint density at radius 3 is 2.62 bits per heavy atom. The summed E-state index contributed by atoms with van der Waals surface area (Å²) < 4.78 is 14.0. The molecule has 0 bridgehead atoms. The van der Waals surface area contributed by atoms with Crippen molar-refractivity contribution in [2.45, 2.75) is 18.4 Å². The summed E-state index contributed by atoms with van der Waals surface area (Å²) in [5.74, 6) is -0.281. The number of halogens is 3. The van der Waals surface area contributed by atoms with Crippen molar-refractivity contribution in [1.82, 2.24) is 0 Å². The Morgan fingerprint density at radius 1 is 1.46 bits per heavy atom. The highest BCUT2D eigenvalue weighted by Gasteiger charge is 2.43. The molecule has 1 aromatic rings. The van der Waals surface area contributed by atoms with Crippen molar-refractivity contribution >= 4 is 27.5 Å². The molecule has 0 aromatic heterocycles. The Morgan fingerprint density at radius 2 is 2.08 bits per heavy atom. The molecule has 70 valence electrons. The molecule has 0 unspecified atom stereocenters. The fourth-order valence-electron chi connectivity index (χ4n) is 1.37. The van der Waals surface area contributed by atoms with Crippen molar-refractivity contribution in [2.75, 3.05) is 0 Å². The third-order valence-electron chi connectivity index (χ3n) is 2.33. The van der Waals surface area contributed by atoms with Crippen LogP contribution in [0.1, 0.15) is 18.4 Å². The molecule has 2 N–H and O–H groups in total. The van der Waals surface area contributed by atoms with Crippen LogP contribution in [0.25, 0.3) is 0 Å². The van der Waals surface area contributed by atoms with Gasteiger partial charge in [-0.15, -0.1) is 0 Å². The molecule has 1 fully saturated rings. The van der Waals surface area contributed by atoms with Gasteiger partial charge in [0.2, 0.25) is 0 Å². The van der Waals surface area contributed by atoms with E-state index in [1.807, 2.05) is 0 Å². The zero-order valence-corrected chi connectivity index (χ0v) is 9.12. The van der Waals surface area contributed by atoms with Gasteiger partial charge in [-0.2, -0.15) is 0 Å². The van der Waals surface area contributed by atoms with Gasteiger partial charge in [-0.05, 0) is 40.9 Å². The van der Waals surface area contributed by atoms with E-state index in [9.17, 15) is 4.39 Å². The first kappa shape index (κ1) is 9.44. The summed E-state index contributed by atoms with van der Waals surface area (Å²) in [6.45, 7) is 0. The van der Waals surface area contributed by atoms with Crippen LogP contribution < -0.4 is 5.73 Å². The Bertz CT molecular complexity index is 363. The second-order valence-electron chi connectivity index (χ2n) is 3.37. The van der Waals surface area contributed by atoms with Crippen LogP contribution in [0.3, 0.4) is 0 Å². The average molecular weight is 265 g/mol. The highest BCUT2D eigenvalue weighted by atomic mass is 79.9. The van der Waals surface area contributed by atoms with E-state index in [0.717, 1.165) is 12.8 Å². The Labute approximate surface area is 89.2 Å². The summed E-state index contributed by atoms with van der Waals surface area (Å²) in [5, 5.41) is 0.508. The lowest BCUT2D eigenvalue weighted by Crippen LogP contribution is -2.21. The molecule has 4 heteroatoms. The molecule has 1 aromatic carbocycles. The van der Waals surface area contributed by atoms with Crippen molar-refractivity contribution < 1.29 is 4.39 Å². The Hall–Kier alpha value is -0.120. The molecule has 1 aliphatic carbocycles. The monoisotopic (exact) mass is 263 g/mol. The van der Waals surface area contributed by atoms with E-state index < -0.39 is 5.54 Å². The Balaban J connectivity index is 2.61. The molecular formula is C9H8BrClFN. The van der Waals surface area contributed by atoms with E-state index in [-0.39, 0.29) is 5.82 Å². The van der Waals surface area contributed by atoms with Crippen LogP contribution >= 0.6 is 27.5 Å². The summed E-state index contributed by atoms with van der Waals surface area (Å²) in [6.07, 6.45) is 1.64. The van der Waals surface area contributed by atoms with Crippen LogP contribution in [0.5, 0.6) is 0 Å². The number of nitrogens with two attached hydrogens (primary N) is 1. The number of rotatable bonds is 1. The van der Waals surface area contributed by atoms with Gasteiger partial charge in [-0.1, -0.05) is 11.6 Å². The van der Waals surface area contributed by atoms with Crippen molar-refractivity contribution in [3.8, 4) is 0 Å². The second-order valence-corrected chi connectivity index (χ2v) is 4.57. The molecular weight excluding hydrogens is 256 g/mol. The van der Waals surface area contributed by atoms with Crippen LogP contribution in [-0.2, 0) is 5.54 Å². The van der Waals surface area contributed by atoms with E-state index in [1.54, 1.807) is 0 Å². The maximum absolute atomic E-state index is 13.4. The maximum atomic E-state index is 13.4. The van der Waals surface area contributed by atoms with Gasteiger partial charge in [-0.3, -0.25) is 0 Å². The third-order valence-corrected chi connectivity index (χ3v) is 3.70. The van der Waals surface area contributed by atoms with E-state index in [4.69, 9.17) is 17.3 Å². The van der Waals surface area contributed by atoms with Crippen LogP contribution in [0.4, 0.5) is 4.39 Å². The van der Waals surface area contributed by atoms with Gasteiger partial charge in [0.25, 0.3) is 0 Å². The summed E-state index contributed by atoms with van der Waals surface area (Å²) in [6, 6.07) is 2.88. The van der Waals surface area contributed by atoms with Gasteiger partial charge >= 0.3 is 0 Å². The fourth-order valence-corrected chi connectivity index (χ4v) is 2.24. The molecule has 0 saturated heterocycles. The highest BCUT2D eigenvalue weighted by Crippen LogP contribution is 2.48. The molecule has 0 spiro atoms. The van der Waals surface area contributed by atoms with Crippen LogP contribution in [0.15, 0.2) is 16.6 Å². The molecule has 0 amide bonds. The zero-order chi connectivity index (χ0) is 9.64. The molecule has 0 radical (unpaired) electrons. The lowest BCUT2D eigenvalue weighted by atomic mass is 10.1. The van der Waals surface area contributed by atoms with Gasteiger partial charge < -0.3 is 5.73 Å². The molecule has 1 aliphatic rings. The second kappa shape index (κ2) is 2.94. The average Bonchev–Trinajstić information content (AvgIpc) is 2.78. The largest absolute Gasteiger partial charge is 0.321 e. The number of hydrogen-bond acceptors (Lipinski definition) is 1. The summed E-state index contributed by atoms with van der Waals surface area (Å²) in [5.41, 5.74) is 5.93. The maximum Gasteiger partial charge on any atom is 0.129 e. The first-order chi connectivity index (χ1) is 6.04. The van der Waals surface area contributed by atoms with Gasteiger partial charge in [0.05, 0.1) is 5.02 Å². The fraction of sp³-hybridized carbons (Fsp3) is 0.333. The van der Waals surface area contributed by atoms with E-state index in [1.165, 1.54) is 12.1 Å². The Kier molecular flexibility index (Phi) is 2.13. The van der Waals surface area contributed by atoms with Crippen LogP contribution in [0.2, 0.25) is 5.02 Å². The molecule has 0 heterocycles. The van der Waals surface area contributed by atoms with Crippen molar-refractivity contribution in [2.24, 2.45) is 5.73 Å². The lowest BCUT2D eigenvalue weighted by molar-refractivity contribution is 0.576. The van der Waals surface area contributed by atoms with E-state index in [0.29, 0.717) is 15.1 Å². The predicted molar refractivity (Wildman–Crippen MR) is 54.2 cm³/mol. The normalized spacial score (nSPS) is 18.8. The molecule has 0 atom stereocenters. The highest BCUT2D eigenvalue weighted by molar-refractivity contribution is 9.10. The van der Waals surface area contributed by atoms with Gasteiger partial charge in [-0.25, -0.2) is 4.39 Å². The van der Waals surface area contributed by atoms with Gasteiger partial charge in [0.15, 0.2) is 0 Å². The predicted octanol–water partition coefficient (Wildman–Crippen LogP) is 3.19. The standard InChI is InChI=1S/C9H8BrClFN/c10-8-5(11)1-2-6(12)7(8)9(13)3-4-9/h1-2H,3-4,13H2. The molecule has 1 saturated carbocycles. The zero-order valence-electron chi connectivity index (χ0n) is 6.78. The topological polar surface area (TPSA) is 26.0 Å². The summed E-state index contributed by atoms with van der Waals surface area (Å²) in [4.78, 5) is 0.